The Morgan fingerprint density at radius 2 is 2.04 bits per heavy atom. The van der Waals surface area contributed by atoms with Crippen molar-refractivity contribution < 1.29 is 14.4 Å². The normalized spacial score (nSPS) is 16.1. The maximum absolute atomic E-state index is 11.7. The summed E-state index contributed by atoms with van der Waals surface area (Å²) in [5.74, 6) is -0.339. The zero-order chi connectivity index (χ0) is 17.0. The van der Waals surface area contributed by atoms with E-state index in [-0.39, 0.29) is 23.9 Å². The molecule has 1 N–H and O–H groups in total. The van der Waals surface area contributed by atoms with Gasteiger partial charge in [0.15, 0.2) is 0 Å². The molecule has 2 rings (SSSR count). The monoisotopic (exact) mass is 316 g/mol. The van der Waals surface area contributed by atoms with Gasteiger partial charge in [-0.25, -0.2) is 0 Å². The van der Waals surface area contributed by atoms with Crippen molar-refractivity contribution in [2.45, 2.75) is 51.6 Å². The first-order chi connectivity index (χ1) is 11.0. The van der Waals surface area contributed by atoms with Gasteiger partial charge in [-0.3, -0.25) is 4.79 Å². The molecule has 0 aromatic heterocycles. The van der Waals surface area contributed by atoms with Crippen LogP contribution in [-0.2, 0) is 20.8 Å². The van der Waals surface area contributed by atoms with Gasteiger partial charge in [0, 0.05) is 31.1 Å². The fraction of sp³-hybridized carbons (Fsp3) is 0.500. The molecule has 1 aliphatic heterocycles. The van der Waals surface area contributed by atoms with Crippen LogP contribution in [0.3, 0.4) is 0 Å². The Labute approximate surface area is 137 Å². The van der Waals surface area contributed by atoms with Crippen molar-refractivity contribution >= 4 is 24.2 Å². The van der Waals surface area contributed by atoms with E-state index in [1.54, 1.807) is 11.8 Å². The molecular weight excluding hydrogens is 292 g/mol. The van der Waals surface area contributed by atoms with E-state index < -0.39 is 0 Å². The van der Waals surface area contributed by atoms with Gasteiger partial charge in [-0.05, 0) is 30.0 Å². The number of fused-ring (bicyclic) bond motifs is 1. The number of hydrogen-bond donors (Lipinski definition) is 1. The minimum Gasteiger partial charge on any atom is -0.312 e. The van der Waals surface area contributed by atoms with E-state index in [0.29, 0.717) is 13.0 Å². The van der Waals surface area contributed by atoms with Crippen LogP contribution in [0.2, 0.25) is 0 Å². The van der Waals surface area contributed by atoms with Crippen molar-refractivity contribution in [2.24, 2.45) is 0 Å². The molecule has 23 heavy (non-hydrogen) atoms. The molecule has 5 heteroatoms. The summed E-state index contributed by atoms with van der Waals surface area (Å²) in [6.07, 6.45) is 2.95. The maximum atomic E-state index is 11.7. The lowest BCUT2D eigenvalue weighted by molar-refractivity contribution is -0.116. The first kappa shape index (κ1) is 17.3. The lowest BCUT2D eigenvalue weighted by Gasteiger charge is -2.21. The number of nitrogens with zero attached hydrogens (tertiary/aromatic N) is 1. The fourth-order valence-electron chi connectivity index (χ4n) is 3.26. The fourth-order valence-corrected chi connectivity index (χ4v) is 3.26. The van der Waals surface area contributed by atoms with Crippen LogP contribution in [0.4, 0.5) is 5.69 Å². The molecule has 0 radical (unpaired) electrons. The lowest BCUT2D eigenvalue weighted by atomic mass is 9.89. The van der Waals surface area contributed by atoms with Gasteiger partial charge in [-0.2, -0.15) is 0 Å². The van der Waals surface area contributed by atoms with Gasteiger partial charge in [0.1, 0.15) is 12.6 Å². The van der Waals surface area contributed by atoms with Crippen LogP contribution >= 0.6 is 0 Å². The number of benzene rings is 1. The highest BCUT2D eigenvalue weighted by Gasteiger charge is 2.28. The topological polar surface area (TPSA) is 66.5 Å². The van der Waals surface area contributed by atoms with Crippen molar-refractivity contribution in [3.63, 3.8) is 0 Å². The van der Waals surface area contributed by atoms with E-state index in [2.05, 4.69) is 5.32 Å². The van der Waals surface area contributed by atoms with Crippen LogP contribution in [-0.4, -0.2) is 37.1 Å². The zero-order valence-corrected chi connectivity index (χ0v) is 13.9. The first-order valence-electron chi connectivity index (χ1n) is 8.04. The number of amides is 1. The highest BCUT2D eigenvalue weighted by molar-refractivity contribution is 5.94. The number of nitrogens with one attached hydrogen (secondary N) is 1. The SMILES string of the molecule is CC(=O)N1CCc2c(C(C=O)CC(C=O)NC(C)C)cccc21. The Kier molecular flexibility index (Phi) is 5.66. The number of aldehydes is 2. The van der Waals surface area contributed by atoms with Gasteiger partial charge in [0.05, 0.1) is 6.04 Å². The second-order valence-corrected chi connectivity index (χ2v) is 6.31. The minimum atomic E-state index is -0.355. The Balaban J connectivity index is 2.27. The van der Waals surface area contributed by atoms with Gasteiger partial charge < -0.3 is 19.8 Å². The average Bonchev–Trinajstić information content (AvgIpc) is 2.95. The molecule has 1 aromatic rings. The van der Waals surface area contributed by atoms with Crippen LogP contribution in [0, 0.1) is 0 Å². The highest BCUT2D eigenvalue weighted by Crippen LogP contribution is 2.35. The predicted octanol–water partition coefficient (Wildman–Crippen LogP) is 1.83. The third kappa shape index (κ3) is 3.85. The Bertz CT molecular complexity index is 598. The van der Waals surface area contributed by atoms with Gasteiger partial charge in [0.2, 0.25) is 5.91 Å². The number of hydrogen-bond acceptors (Lipinski definition) is 4. The van der Waals surface area contributed by atoms with E-state index in [1.165, 1.54) is 0 Å². The van der Waals surface area contributed by atoms with Crippen molar-refractivity contribution in [3.05, 3.63) is 29.3 Å². The van der Waals surface area contributed by atoms with Crippen LogP contribution in [0.1, 0.15) is 44.2 Å². The Hall–Kier alpha value is -2.01. The molecule has 2 atom stereocenters. The van der Waals surface area contributed by atoms with E-state index >= 15 is 0 Å². The predicted molar refractivity (Wildman–Crippen MR) is 89.7 cm³/mol. The molecule has 1 aromatic carbocycles. The van der Waals surface area contributed by atoms with Crippen molar-refractivity contribution in [3.8, 4) is 0 Å². The maximum Gasteiger partial charge on any atom is 0.223 e. The summed E-state index contributed by atoms with van der Waals surface area (Å²) in [5.41, 5.74) is 2.87. The van der Waals surface area contributed by atoms with Gasteiger partial charge >= 0.3 is 0 Å². The van der Waals surface area contributed by atoms with Gasteiger partial charge in [-0.1, -0.05) is 26.0 Å². The van der Waals surface area contributed by atoms with E-state index in [1.807, 2.05) is 32.0 Å². The number of rotatable bonds is 7. The molecule has 1 aliphatic rings. The summed E-state index contributed by atoms with van der Waals surface area (Å²) in [6.45, 7) is 6.14. The first-order valence-corrected chi connectivity index (χ1v) is 8.04. The molecule has 124 valence electrons. The van der Waals surface area contributed by atoms with Crippen molar-refractivity contribution in [2.75, 3.05) is 11.4 Å². The molecule has 0 saturated heterocycles. The summed E-state index contributed by atoms with van der Waals surface area (Å²) in [6, 6.07) is 5.54. The largest absolute Gasteiger partial charge is 0.312 e. The van der Waals surface area contributed by atoms with E-state index in [4.69, 9.17) is 0 Å². The molecule has 2 unspecified atom stereocenters. The van der Waals surface area contributed by atoms with E-state index in [9.17, 15) is 14.4 Å². The van der Waals surface area contributed by atoms with Gasteiger partial charge in [0.25, 0.3) is 0 Å². The summed E-state index contributed by atoms with van der Waals surface area (Å²) < 4.78 is 0. The van der Waals surface area contributed by atoms with Crippen LogP contribution in [0.25, 0.3) is 0 Å². The van der Waals surface area contributed by atoms with Crippen molar-refractivity contribution in [1.82, 2.24) is 5.32 Å². The van der Waals surface area contributed by atoms with Crippen LogP contribution < -0.4 is 10.2 Å². The molecular formula is C18H24N2O3. The zero-order valence-electron chi connectivity index (χ0n) is 13.9. The highest BCUT2D eigenvalue weighted by atomic mass is 16.2. The number of carbonyl (C=O) groups excluding carboxylic acids is 3. The molecule has 0 aliphatic carbocycles. The summed E-state index contributed by atoms with van der Waals surface area (Å²) in [4.78, 5) is 36.3. The Morgan fingerprint density at radius 1 is 1.30 bits per heavy atom. The molecule has 0 spiro atoms. The molecule has 1 amide bonds. The molecule has 0 bridgehead atoms. The summed E-state index contributed by atoms with van der Waals surface area (Å²) in [5, 5.41) is 3.17. The summed E-state index contributed by atoms with van der Waals surface area (Å²) >= 11 is 0. The smallest absolute Gasteiger partial charge is 0.223 e. The molecule has 0 fully saturated rings. The third-order valence-corrected chi connectivity index (χ3v) is 4.23. The average molecular weight is 316 g/mol. The third-order valence-electron chi connectivity index (χ3n) is 4.23. The Morgan fingerprint density at radius 3 is 2.61 bits per heavy atom. The van der Waals surface area contributed by atoms with Crippen molar-refractivity contribution in [1.29, 1.82) is 0 Å². The van der Waals surface area contributed by atoms with Gasteiger partial charge in [-0.15, -0.1) is 0 Å². The molecule has 5 nitrogen and oxygen atoms in total. The second kappa shape index (κ2) is 7.51. The number of carbonyl (C=O) groups is 3. The standard InChI is InChI=1S/C18H24N2O3/c1-12(2)19-15(11-22)9-14(10-21)16-5-4-6-18-17(16)7-8-20(18)13(3)23/h4-6,10-12,14-15,19H,7-9H2,1-3H3. The molecule has 0 saturated carbocycles. The molecule has 1 heterocycles. The van der Waals surface area contributed by atoms with Crippen LogP contribution in [0.5, 0.6) is 0 Å². The van der Waals surface area contributed by atoms with Crippen LogP contribution in [0.15, 0.2) is 18.2 Å². The van der Waals surface area contributed by atoms with E-state index in [0.717, 1.165) is 35.8 Å². The lowest BCUT2D eigenvalue weighted by Crippen LogP contribution is -2.37. The summed E-state index contributed by atoms with van der Waals surface area (Å²) in [7, 11) is 0. The minimum absolute atomic E-state index is 0.01000. The quantitative estimate of drug-likeness (QED) is 0.780. The number of anilines is 1. The second-order valence-electron chi connectivity index (χ2n) is 6.31.